The molecule has 0 aromatic heterocycles. The molecule has 2 rings (SSSR count). The quantitative estimate of drug-likeness (QED) is 0.727. The maximum absolute atomic E-state index is 12.9. The van der Waals surface area contributed by atoms with Crippen LogP contribution in [0.4, 0.5) is 0 Å². The van der Waals surface area contributed by atoms with Gasteiger partial charge in [-0.1, -0.05) is 15.9 Å². The summed E-state index contributed by atoms with van der Waals surface area (Å²) in [6, 6.07) is 5.22. The molecule has 27 heavy (non-hydrogen) atoms. The summed E-state index contributed by atoms with van der Waals surface area (Å²) in [5, 5.41) is 2.60. The van der Waals surface area contributed by atoms with Crippen molar-refractivity contribution in [2.24, 2.45) is 0 Å². The summed E-state index contributed by atoms with van der Waals surface area (Å²) in [6.07, 6.45) is -0.0558. The molecule has 7 nitrogen and oxygen atoms in total. The van der Waals surface area contributed by atoms with Gasteiger partial charge in [-0.2, -0.15) is 0 Å². The summed E-state index contributed by atoms with van der Waals surface area (Å²) >= 11 is 3.40. The number of nitrogens with zero attached hydrogens (tertiary/aromatic N) is 2. The van der Waals surface area contributed by atoms with Crippen LogP contribution in [0.1, 0.15) is 38.1 Å². The normalized spacial score (nSPS) is 14.5. The fourth-order valence-electron chi connectivity index (χ4n) is 2.77. The fraction of sp³-hybridized carbons (Fsp3) is 0.526. The van der Waals surface area contributed by atoms with E-state index < -0.39 is 11.8 Å². The molecule has 0 unspecified atom stereocenters. The molecule has 1 aromatic rings. The number of ether oxygens (including phenoxy) is 1. The first-order valence-corrected chi connectivity index (χ1v) is 9.83. The number of hydrogen-bond donors (Lipinski definition) is 1. The van der Waals surface area contributed by atoms with Crippen molar-refractivity contribution in [1.29, 1.82) is 0 Å². The van der Waals surface area contributed by atoms with Crippen molar-refractivity contribution < 1.29 is 19.1 Å². The largest absolute Gasteiger partial charge is 0.490 e. The van der Waals surface area contributed by atoms with Crippen molar-refractivity contribution in [2.75, 3.05) is 26.2 Å². The van der Waals surface area contributed by atoms with Crippen LogP contribution in [0, 0.1) is 0 Å². The van der Waals surface area contributed by atoms with E-state index in [-0.39, 0.29) is 18.1 Å². The van der Waals surface area contributed by atoms with Crippen LogP contribution >= 0.6 is 15.9 Å². The first-order chi connectivity index (χ1) is 12.7. The van der Waals surface area contributed by atoms with Crippen LogP contribution in [0.2, 0.25) is 0 Å². The van der Waals surface area contributed by atoms with Crippen LogP contribution in [0.25, 0.3) is 0 Å². The number of halogens is 1. The maximum atomic E-state index is 12.9. The lowest BCUT2D eigenvalue weighted by atomic mass is 10.1. The van der Waals surface area contributed by atoms with Gasteiger partial charge in [-0.15, -0.1) is 0 Å². The third-order valence-corrected chi connectivity index (χ3v) is 4.50. The van der Waals surface area contributed by atoms with E-state index in [0.717, 1.165) is 4.47 Å². The van der Waals surface area contributed by atoms with Gasteiger partial charge in [0, 0.05) is 36.7 Å². The molecule has 0 bridgehead atoms. The van der Waals surface area contributed by atoms with E-state index in [2.05, 4.69) is 21.2 Å². The molecule has 1 aliphatic rings. The Hall–Kier alpha value is -2.09. The van der Waals surface area contributed by atoms with E-state index in [4.69, 9.17) is 4.74 Å². The predicted octanol–water partition coefficient (Wildman–Crippen LogP) is 2.05. The Kier molecular flexibility index (Phi) is 7.24. The van der Waals surface area contributed by atoms with Crippen molar-refractivity contribution in [3.63, 3.8) is 0 Å². The van der Waals surface area contributed by atoms with E-state index in [1.165, 1.54) is 4.90 Å². The highest BCUT2D eigenvalue weighted by atomic mass is 79.9. The number of carbonyl (C=O) groups excluding carboxylic acids is 3. The van der Waals surface area contributed by atoms with Crippen LogP contribution in [0.5, 0.6) is 5.75 Å². The number of benzene rings is 1. The second kappa shape index (κ2) is 9.21. The number of hydrogen-bond acceptors (Lipinski definition) is 4. The van der Waals surface area contributed by atoms with Gasteiger partial charge in [0.2, 0.25) is 0 Å². The summed E-state index contributed by atoms with van der Waals surface area (Å²) in [4.78, 5) is 40.1. The molecule has 1 heterocycles. The van der Waals surface area contributed by atoms with E-state index in [9.17, 15) is 14.4 Å². The average molecular weight is 440 g/mol. The number of nitrogens with one attached hydrogen (secondary N) is 1. The molecule has 0 spiro atoms. The Morgan fingerprint density at radius 2 is 1.63 bits per heavy atom. The molecule has 0 radical (unpaired) electrons. The van der Waals surface area contributed by atoms with E-state index in [1.54, 1.807) is 36.9 Å². The summed E-state index contributed by atoms with van der Waals surface area (Å²) in [7, 11) is 0. The third kappa shape index (κ3) is 5.69. The smallest absolute Gasteiger partial charge is 0.312 e. The second-order valence-corrected chi connectivity index (χ2v) is 7.94. The predicted molar refractivity (Wildman–Crippen MR) is 106 cm³/mol. The lowest BCUT2D eigenvalue weighted by Crippen LogP contribution is -2.54. The Morgan fingerprint density at radius 1 is 1.04 bits per heavy atom. The van der Waals surface area contributed by atoms with Crippen molar-refractivity contribution >= 4 is 33.7 Å². The van der Waals surface area contributed by atoms with E-state index >= 15 is 0 Å². The lowest BCUT2D eigenvalue weighted by Gasteiger charge is -2.34. The molecule has 1 saturated heterocycles. The molecule has 1 N–H and O–H groups in total. The molecular weight excluding hydrogens is 414 g/mol. The van der Waals surface area contributed by atoms with Gasteiger partial charge in [0.1, 0.15) is 5.75 Å². The molecule has 0 aliphatic carbocycles. The summed E-state index contributed by atoms with van der Waals surface area (Å²) in [6.45, 7) is 8.81. The van der Waals surface area contributed by atoms with Crippen molar-refractivity contribution in [2.45, 2.75) is 39.8 Å². The van der Waals surface area contributed by atoms with Crippen molar-refractivity contribution in [1.82, 2.24) is 15.1 Å². The fourth-order valence-corrected chi connectivity index (χ4v) is 3.11. The minimum Gasteiger partial charge on any atom is -0.490 e. The zero-order valence-corrected chi connectivity index (χ0v) is 17.7. The molecule has 0 atom stereocenters. The maximum Gasteiger partial charge on any atom is 0.312 e. The SMILES string of the molecule is CC(C)NC(=O)C(=O)N1CCN(C(=O)c2ccc(Br)cc2OC(C)C)CC1. The number of piperazine rings is 1. The summed E-state index contributed by atoms with van der Waals surface area (Å²) < 4.78 is 6.61. The zero-order chi connectivity index (χ0) is 20.1. The lowest BCUT2D eigenvalue weighted by molar-refractivity contribution is -0.147. The van der Waals surface area contributed by atoms with Crippen LogP contribution < -0.4 is 10.1 Å². The Bertz CT molecular complexity index is 713. The Balaban J connectivity index is 2.03. The van der Waals surface area contributed by atoms with Crippen LogP contribution in [-0.4, -0.2) is 65.8 Å². The number of amides is 3. The van der Waals surface area contributed by atoms with Gasteiger partial charge >= 0.3 is 11.8 Å². The average Bonchev–Trinajstić information content (AvgIpc) is 2.59. The third-order valence-electron chi connectivity index (χ3n) is 4.00. The van der Waals surface area contributed by atoms with Gasteiger partial charge in [0.15, 0.2) is 0 Å². The zero-order valence-electron chi connectivity index (χ0n) is 16.1. The molecule has 0 saturated carbocycles. The van der Waals surface area contributed by atoms with Crippen molar-refractivity contribution in [3.05, 3.63) is 28.2 Å². The highest BCUT2D eigenvalue weighted by molar-refractivity contribution is 9.10. The topological polar surface area (TPSA) is 79.0 Å². The highest BCUT2D eigenvalue weighted by Crippen LogP contribution is 2.26. The molecule has 1 aliphatic heterocycles. The minimum atomic E-state index is -0.606. The number of rotatable bonds is 4. The van der Waals surface area contributed by atoms with Gasteiger partial charge < -0.3 is 19.9 Å². The molecule has 1 fully saturated rings. The van der Waals surface area contributed by atoms with Gasteiger partial charge in [0.25, 0.3) is 5.91 Å². The molecule has 148 valence electrons. The van der Waals surface area contributed by atoms with Gasteiger partial charge in [-0.25, -0.2) is 0 Å². The molecule has 3 amide bonds. The highest BCUT2D eigenvalue weighted by Gasteiger charge is 2.29. The minimum absolute atomic E-state index is 0.0558. The van der Waals surface area contributed by atoms with Gasteiger partial charge in [-0.3, -0.25) is 14.4 Å². The molecule has 1 aromatic carbocycles. The van der Waals surface area contributed by atoms with Gasteiger partial charge in [-0.05, 0) is 45.9 Å². The standard InChI is InChI=1S/C19H26BrN3O4/c1-12(2)21-17(24)19(26)23-9-7-22(8-10-23)18(25)15-6-5-14(20)11-16(15)27-13(3)4/h5-6,11-13H,7-10H2,1-4H3,(H,21,24). The molecule has 8 heteroatoms. The Morgan fingerprint density at radius 3 is 2.19 bits per heavy atom. The Labute approximate surface area is 168 Å². The first-order valence-electron chi connectivity index (χ1n) is 9.04. The summed E-state index contributed by atoms with van der Waals surface area (Å²) in [5.74, 6) is -0.773. The van der Waals surface area contributed by atoms with Gasteiger partial charge in [0.05, 0.1) is 11.7 Å². The van der Waals surface area contributed by atoms with Crippen molar-refractivity contribution in [3.8, 4) is 5.75 Å². The van der Waals surface area contributed by atoms with E-state index in [1.807, 2.05) is 13.8 Å². The number of carbonyl (C=O) groups is 3. The van der Waals surface area contributed by atoms with Crippen LogP contribution in [-0.2, 0) is 9.59 Å². The summed E-state index contributed by atoms with van der Waals surface area (Å²) in [5.41, 5.74) is 0.490. The molecular formula is C19H26BrN3O4. The van der Waals surface area contributed by atoms with Crippen LogP contribution in [0.3, 0.4) is 0 Å². The monoisotopic (exact) mass is 439 g/mol. The first kappa shape index (κ1) is 21.2. The van der Waals surface area contributed by atoms with Crippen LogP contribution in [0.15, 0.2) is 22.7 Å². The second-order valence-electron chi connectivity index (χ2n) is 7.02. The van der Waals surface area contributed by atoms with E-state index in [0.29, 0.717) is 37.5 Å².